The summed E-state index contributed by atoms with van der Waals surface area (Å²) < 4.78 is 5.05. The van der Waals surface area contributed by atoms with Gasteiger partial charge in [-0.25, -0.2) is 10.3 Å². The third kappa shape index (κ3) is 5.49. The molecule has 0 aliphatic carbocycles. The van der Waals surface area contributed by atoms with Gasteiger partial charge < -0.3 is 9.57 Å². The standard InChI is InChI=1S/C22H19N3O4/c1-15-4-3-5-17(14-15)21(26)24-23-18-8-10-19(11-9-18)25-29-22(27)16-6-12-20(28-2)13-7-16/h3-14,25H,1-2H3. The van der Waals surface area contributed by atoms with Gasteiger partial charge in [0.25, 0.3) is 5.91 Å². The summed E-state index contributed by atoms with van der Waals surface area (Å²) in [5, 5.41) is 7.67. The minimum absolute atomic E-state index is 0.387. The Balaban J connectivity index is 1.55. The van der Waals surface area contributed by atoms with E-state index in [1.54, 1.807) is 73.8 Å². The second kappa shape index (κ2) is 9.27. The molecule has 0 fully saturated rings. The maximum Gasteiger partial charge on any atom is 0.362 e. The van der Waals surface area contributed by atoms with Gasteiger partial charge in [0, 0.05) is 5.56 Å². The lowest BCUT2D eigenvalue weighted by molar-refractivity contribution is 0.0596. The van der Waals surface area contributed by atoms with Crippen LogP contribution in [0.25, 0.3) is 0 Å². The Morgan fingerprint density at radius 3 is 2.28 bits per heavy atom. The zero-order chi connectivity index (χ0) is 20.6. The number of hydrogen-bond acceptors (Lipinski definition) is 6. The maximum atomic E-state index is 12.1. The van der Waals surface area contributed by atoms with E-state index in [-0.39, 0.29) is 0 Å². The molecule has 3 rings (SSSR count). The van der Waals surface area contributed by atoms with Crippen LogP contribution < -0.4 is 10.2 Å². The highest BCUT2D eigenvalue weighted by Gasteiger charge is 2.08. The summed E-state index contributed by atoms with van der Waals surface area (Å²) in [5.74, 6) is -0.287. The molecule has 0 spiro atoms. The van der Waals surface area contributed by atoms with E-state index in [0.717, 1.165) is 5.56 Å². The minimum Gasteiger partial charge on any atom is -0.497 e. The van der Waals surface area contributed by atoms with Crippen LogP contribution in [0.4, 0.5) is 11.4 Å². The van der Waals surface area contributed by atoms with Crippen LogP contribution >= 0.6 is 0 Å². The summed E-state index contributed by atoms with van der Waals surface area (Å²) in [6, 6.07) is 20.3. The zero-order valence-electron chi connectivity index (χ0n) is 16.0. The first-order valence-electron chi connectivity index (χ1n) is 8.79. The van der Waals surface area contributed by atoms with Gasteiger partial charge in [0.1, 0.15) is 5.75 Å². The Bertz CT molecular complexity index is 1030. The maximum absolute atomic E-state index is 12.1. The van der Waals surface area contributed by atoms with Gasteiger partial charge >= 0.3 is 5.97 Å². The fraction of sp³-hybridized carbons (Fsp3) is 0.0909. The van der Waals surface area contributed by atoms with Gasteiger partial charge in [-0.05, 0) is 67.6 Å². The molecular formula is C22H19N3O4. The van der Waals surface area contributed by atoms with Gasteiger partial charge in [0.2, 0.25) is 0 Å². The molecule has 1 amide bonds. The van der Waals surface area contributed by atoms with E-state index >= 15 is 0 Å². The summed E-state index contributed by atoms with van der Waals surface area (Å²) in [7, 11) is 1.55. The average molecular weight is 389 g/mol. The molecule has 29 heavy (non-hydrogen) atoms. The lowest BCUT2D eigenvalue weighted by Crippen LogP contribution is -2.10. The van der Waals surface area contributed by atoms with Gasteiger partial charge in [-0.2, -0.15) is 0 Å². The Morgan fingerprint density at radius 1 is 0.897 bits per heavy atom. The van der Waals surface area contributed by atoms with Gasteiger partial charge in [0.15, 0.2) is 0 Å². The molecule has 3 aromatic rings. The monoisotopic (exact) mass is 389 g/mol. The van der Waals surface area contributed by atoms with Crippen molar-refractivity contribution in [1.82, 2.24) is 0 Å². The number of hydrogen-bond donors (Lipinski definition) is 1. The van der Waals surface area contributed by atoms with E-state index in [9.17, 15) is 9.59 Å². The predicted octanol–water partition coefficient (Wildman–Crippen LogP) is 5.11. The number of amides is 1. The molecule has 0 atom stereocenters. The summed E-state index contributed by atoms with van der Waals surface area (Å²) in [6.45, 7) is 1.90. The van der Waals surface area contributed by atoms with E-state index < -0.39 is 11.9 Å². The third-order valence-electron chi connectivity index (χ3n) is 3.98. The molecule has 3 aromatic carbocycles. The van der Waals surface area contributed by atoms with E-state index in [1.165, 1.54) is 0 Å². The number of nitrogens with zero attached hydrogens (tertiary/aromatic N) is 2. The van der Waals surface area contributed by atoms with Crippen molar-refractivity contribution in [2.75, 3.05) is 12.6 Å². The van der Waals surface area contributed by atoms with E-state index in [0.29, 0.717) is 28.3 Å². The SMILES string of the molecule is COc1ccc(C(=O)ONc2ccc(N=NC(=O)c3cccc(C)c3)cc2)cc1. The molecule has 0 bridgehead atoms. The summed E-state index contributed by atoms with van der Waals surface area (Å²) >= 11 is 0. The van der Waals surface area contributed by atoms with E-state index in [1.807, 2.05) is 13.0 Å². The van der Waals surface area contributed by atoms with Crippen LogP contribution in [0.3, 0.4) is 0 Å². The number of aryl methyl sites for hydroxylation is 1. The van der Waals surface area contributed by atoms with Crippen LogP contribution in [0.1, 0.15) is 26.3 Å². The topological polar surface area (TPSA) is 89.3 Å². The minimum atomic E-state index is -0.528. The average Bonchev–Trinajstić information content (AvgIpc) is 2.76. The van der Waals surface area contributed by atoms with E-state index in [2.05, 4.69) is 15.7 Å². The summed E-state index contributed by atoms with van der Waals surface area (Å²) in [6.07, 6.45) is 0. The Kier molecular flexibility index (Phi) is 6.32. The molecule has 0 heterocycles. The molecule has 0 aliphatic heterocycles. The van der Waals surface area contributed by atoms with Gasteiger partial charge in [-0.1, -0.05) is 17.7 Å². The smallest absolute Gasteiger partial charge is 0.362 e. The molecule has 0 saturated heterocycles. The normalized spacial score (nSPS) is 10.6. The number of carbonyl (C=O) groups excluding carboxylic acids is 2. The predicted molar refractivity (Wildman–Crippen MR) is 108 cm³/mol. The number of rotatable bonds is 6. The molecule has 0 aliphatic rings. The molecule has 7 nitrogen and oxygen atoms in total. The van der Waals surface area contributed by atoms with Gasteiger partial charge in [-0.3, -0.25) is 4.79 Å². The second-order valence-electron chi connectivity index (χ2n) is 6.14. The van der Waals surface area contributed by atoms with Gasteiger partial charge in [-0.15, -0.1) is 10.2 Å². The van der Waals surface area contributed by atoms with Crippen LogP contribution in [-0.2, 0) is 4.84 Å². The fourth-order valence-electron chi connectivity index (χ4n) is 2.43. The van der Waals surface area contributed by atoms with Crippen LogP contribution in [0.15, 0.2) is 83.0 Å². The highest BCUT2D eigenvalue weighted by Crippen LogP contribution is 2.18. The summed E-state index contributed by atoms with van der Waals surface area (Å²) in [4.78, 5) is 29.1. The van der Waals surface area contributed by atoms with Crippen molar-refractivity contribution >= 4 is 23.3 Å². The van der Waals surface area contributed by atoms with Crippen molar-refractivity contribution in [3.05, 3.63) is 89.5 Å². The van der Waals surface area contributed by atoms with Crippen LogP contribution in [-0.4, -0.2) is 19.0 Å². The molecule has 146 valence electrons. The highest BCUT2D eigenvalue weighted by atomic mass is 16.7. The first-order chi connectivity index (χ1) is 14.0. The van der Waals surface area contributed by atoms with Crippen LogP contribution in [0.2, 0.25) is 0 Å². The number of methoxy groups -OCH3 is 1. The quantitative estimate of drug-likeness (QED) is 0.467. The lowest BCUT2D eigenvalue weighted by Gasteiger charge is -2.07. The highest BCUT2D eigenvalue weighted by molar-refractivity contribution is 5.94. The Labute approximate surface area is 168 Å². The fourth-order valence-corrected chi connectivity index (χ4v) is 2.43. The van der Waals surface area contributed by atoms with Crippen molar-refractivity contribution in [3.8, 4) is 5.75 Å². The third-order valence-corrected chi connectivity index (χ3v) is 3.98. The van der Waals surface area contributed by atoms with Crippen LogP contribution in [0, 0.1) is 6.92 Å². The van der Waals surface area contributed by atoms with Crippen molar-refractivity contribution in [2.24, 2.45) is 10.2 Å². The molecule has 7 heteroatoms. The molecule has 0 radical (unpaired) electrons. The van der Waals surface area contributed by atoms with Crippen molar-refractivity contribution in [2.45, 2.75) is 6.92 Å². The molecular weight excluding hydrogens is 370 g/mol. The number of ether oxygens (including phenoxy) is 1. The molecule has 0 aromatic heterocycles. The van der Waals surface area contributed by atoms with Crippen molar-refractivity contribution in [3.63, 3.8) is 0 Å². The summed E-state index contributed by atoms with van der Waals surface area (Å²) in [5.41, 5.74) is 5.47. The Morgan fingerprint density at radius 2 is 1.62 bits per heavy atom. The zero-order valence-corrected chi connectivity index (χ0v) is 16.0. The number of azo groups is 1. The first-order valence-corrected chi connectivity index (χ1v) is 8.79. The number of nitrogens with one attached hydrogen (secondary N) is 1. The number of carbonyl (C=O) groups is 2. The van der Waals surface area contributed by atoms with Crippen LogP contribution in [0.5, 0.6) is 5.75 Å². The molecule has 1 N–H and O–H groups in total. The molecule has 0 unspecified atom stereocenters. The van der Waals surface area contributed by atoms with Crippen molar-refractivity contribution < 1.29 is 19.2 Å². The van der Waals surface area contributed by atoms with Gasteiger partial charge in [0.05, 0.1) is 24.0 Å². The first kappa shape index (κ1) is 19.8. The number of benzene rings is 3. The Hall–Kier alpha value is -4.00. The largest absolute Gasteiger partial charge is 0.497 e. The van der Waals surface area contributed by atoms with Crippen molar-refractivity contribution in [1.29, 1.82) is 0 Å². The second-order valence-corrected chi connectivity index (χ2v) is 6.14. The molecule has 0 saturated carbocycles. The van der Waals surface area contributed by atoms with E-state index in [4.69, 9.17) is 9.57 Å². The number of anilines is 1. The lowest BCUT2D eigenvalue weighted by atomic mass is 10.1.